The van der Waals surface area contributed by atoms with Crippen LogP contribution >= 0.6 is 0 Å². The first kappa shape index (κ1) is 11.2. The lowest BCUT2D eigenvalue weighted by atomic mass is 9.80. The molecule has 0 unspecified atom stereocenters. The molecule has 2 aromatic rings. The number of carbonyl (C=O) groups excluding carboxylic acids is 1. The maximum Gasteiger partial charge on any atom is 0.316 e. The number of methoxy groups -OCH3 is 1. The van der Waals surface area contributed by atoms with Crippen LogP contribution in [-0.4, -0.2) is 31.3 Å². The van der Waals surface area contributed by atoms with Crippen LogP contribution in [0.5, 0.6) is 0 Å². The number of oxazole rings is 1. The Morgan fingerprint density at radius 2 is 2.33 bits per heavy atom. The summed E-state index contributed by atoms with van der Waals surface area (Å²) in [5.41, 5.74) is 2.03. The largest absolute Gasteiger partial charge is 0.468 e. The molecule has 18 heavy (non-hydrogen) atoms. The summed E-state index contributed by atoms with van der Waals surface area (Å²) in [4.78, 5) is 15.9. The highest BCUT2D eigenvalue weighted by atomic mass is 16.5. The Hall–Kier alpha value is -1.88. The molecule has 0 aliphatic carbocycles. The third-order valence-electron chi connectivity index (χ3n) is 3.31. The number of esters is 1. The van der Waals surface area contributed by atoms with Gasteiger partial charge in [0.15, 0.2) is 12.0 Å². The van der Waals surface area contributed by atoms with Gasteiger partial charge in [-0.15, -0.1) is 0 Å². The van der Waals surface area contributed by atoms with Gasteiger partial charge < -0.3 is 13.9 Å². The smallest absolute Gasteiger partial charge is 0.316 e. The van der Waals surface area contributed by atoms with Crippen LogP contribution in [0.4, 0.5) is 0 Å². The lowest BCUT2D eigenvalue weighted by Crippen LogP contribution is -2.51. The Kier molecular flexibility index (Phi) is 2.56. The highest BCUT2D eigenvalue weighted by Crippen LogP contribution is 2.33. The zero-order valence-corrected chi connectivity index (χ0v) is 10.0. The van der Waals surface area contributed by atoms with Gasteiger partial charge in [0, 0.05) is 0 Å². The summed E-state index contributed by atoms with van der Waals surface area (Å²) in [6.07, 6.45) is 2.01. The Morgan fingerprint density at radius 3 is 3.00 bits per heavy atom. The van der Waals surface area contributed by atoms with Crippen LogP contribution in [0.15, 0.2) is 29.0 Å². The van der Waals surface area contributed by atoms with Crippen molar-refractivity contribution in [2.45, 2.75) is 6.42 Å². The van der Waals surface area contributed by atoms with Crippen molar-refractivity contribution in [3.63, 3.8) is 0 Å². The topological polar surface area (TPSA) is 61.6 Å². The second-order valence-corrected chi connectivity index (χ2v) is 4.60. The van der Waals surface area contributed by atoms with Crippen LogP contribution in [0.3, 0.4) is 0 Å². The minimum atomic E-state index is -0.539. The van der Waals surface area contributed by atoms with Crippen LogP contribution in [-0.2, 0) is 20.7 Å². The van der Waals surface area contributed by atoms with Crippen molar-refractivity contribution < 1.29 is 18.7 Å². The molecule has 94 valence electrons. The zero-order chi connectivity index (χ0) is 12.6. The predicted molar refractivity (Wildman–Crippen MR) is 63.0 cm³/mol. The number of ether oxygens (including phenoxy) is 2. The fraction of sp³-hybridized carbons (Fsp3) is 0.385. The summed E-state index contributed by atoms with van der Waals surface area (Å²) in [6.45, 7) is 0.822. The van der Waals surface area contributed by atoms with Crippen molar-refractivity contribution in [2.24, 2.45) is 5.41 Å². The van der Waals surface area contributed by atoms with Crippen LogP contribution in [0.25, 0.3) is 11.1 Å². The normalized spacial score (nSPS) is 17.4. The van der Waals surface area contributed by atoms with Crippen LogP contribution in [0.2, 0.25) is 0 Å². The number of hydrogen-bond acceptors (Lipinski definition) is 5. The number of rotatable bonds is 3. The molecule has 1 aliphatic heterocycles. The third-order valence-corrected chi connectivity index (χ3v) is 3.31. The summed E-state index contributed by atoms with van der Waals surface area (Å²) in [6, 6.07) is 5.75. The zero-order valence-electron chi connectivity index (χ0n) is 10.0. The van der Waals surface area contributed by atoms with E-state index in [0.29, 0.717) is 19.6 Å². The number of carbonyl (C=O) groups is 1. The Labute approximate surface area is 104 Å². The molecule has 0 radical (unpaired) electrons. The van der Waals surface area contributed by atoms with Gasteiger partial charge in [0.25, 0.3) is 0 Å². The van der Waals surface area contributed by atoms with Crippen LogP contribution < -0.4 is 0 Å². The van der Waals surface area contributed by atoms with Gasteiger partial charge in [-0.1, -0.05) is 6.07 Å². The van der Waals surface area contributed by atoms with Crippen molar-refractivity contribution >= 4 is 17.1 Å². The predicted octanol–water partition coefficient (Wildman–Crippen LogP) is 1.56. The summed E-state index contributed by atoms with van der Waals surface area (Å²) < 4.78 is 15.3. The molecular weight excluding hydrogens is 234 g/mol. The average Bonchev–Trinajstić information content (AvgIpc) is 2.80. The molecule has 0 atom stereocenters. The fourth-order valence-corrected chi connectivity index (χ4v) is 2.26. The van der Waals surface area contributed by atoms with E-state index in [1.807, 2.05) is 18.2 Å². The van der Waals surface area contributed by atoms with E-state index in [1.165, 1.54) is 13.5 Å². The first-order valence-corrected chi connectivity index (χ1v) is 5.72. The van der Waals surface area contributed by atoms with Gasteiger partial charge in [-0.05, 0) is 24.1 Å². The summed E-state index contributed by atoms with van der Waals surface area (Å²) in [5, 5.41) is 0. The van der Waals surface area contributed by atoms with Gasteiger partial charge in [-0.25, -0.2) is 4.98 Å². The number of nitrogens with zero attached hydrogens (tertiary/aromatic N) is 1. The first-order valence-electron chi connectivity index (χ1n) is 5.72. The number of aromatic nitrogens is 1. The maximum absolute atomic E-state index is 11.8. The minimum absolute atomic E-state index is 0.216. The van der Waals surface area contributed by atoms with E-state index < -0.39 is 5.41 Å². The molecule has 0 bridgehead atoms. The van der Waals surface area contributed by atoms with E-state index in [0.717, 1.165) is 16.7 Å². The molecular formula is C13H13NO4. The van der Waals surface area contributed by atoms with E-state index >= 15 is 0 Å². The van der Waals surface area contributed by atoms with Gasteiger partial charge in [0.2, 0.25) is 0 Å². The third kappa shape index (κ3) is 1.67. The van der Waals surface area contributed by atoms with Crippen molar-refractivity contribution in [3.05, 3.63) is 30.2 Å². The average molecular weight is 247 g/mol. The lowest BCUT2D eigenvalue weighted by Gasteiger charge is -2.38. The molecule has 1 aromatic heterocycles. The molecule has 1 aliphatic rings. The van der Waals surface area contributed by atoms with E-state index in [1.54, 1.807) is 0 Å². The minimum Gasteiger partial charge on any atom is -0.468 e. The SMILES string of the molecule is COC(=O)C1(Cc2ccc3ncoc3c2)COC1. The number of hydrogen-bond donors (Lipinski definition) is 0. The molecule has 0 N–H and O–H groups in total. The second-order valence-electron chi connectivity index (χ2n) is 4.60. The van der Waals surface area contributed by atoms with Gasteiger partial charge >= 0.3 is 5.97 Å². The lowest BCUT2D eigenvalue weighted by molar-refractivity contribution is -0.182. The second kappa shape index (κ2) is 4.10. The molecule has 0 amide bonds. The van der Waals surface area contributed by atoms with Crippen molar-refractivity contribution in [1.29, 1.82) is 0 Å². The van der Waals surface area contributed by atoms with Gasteiger partial charge in [0.1, 0.15) is 10.9 Å². The molecule has 1 saturated heterocycles. The monoisotopic (exact) mass is 247 g/mol. The molecule has 0 spiro atoms. The Morgan fingerprint density at radius 1 is 1.50 bits per heavy atom. The van der Waals surface area contributed by atoms with E-state index in [9.17, 15) is 4.79 Å². The van der Waals surface area contributed by atoms with Crippen molar-refractivity contribution in [1.82, 2.24) is 4.98 Å². The van der Waals surface area contributed by atoms with Gasteiger partial charge in [0.05, 0.1) is 20.3 Å². The Balaban J connectivity index is 1.88. The van der Waals surface area contributed by atoms with Crippen molar-refractivity contribution in [2.75, 3.05) is 20.3 Å². The van der Waals surface area contributed by atoms with Gasteiger partial charge in [-0.3, -0.25) is 4.79 Å². The Bertz CT molecular complexity index is 585. The maximum atomic E-state index is 11.8. The molecule has 0 saturated carbocycles. The molecule has 2 heterocycles. The number of benzene rings is 1. The van der Waals surface area contributed by atoms with Crippen LogP contribution in [0.1, 0.15) is 5.56 Å². The first-order chi connectivity index (χ1) is 8.73. The van der Waals surface area contributed by atoms with Crippen molar-refractivity contribution in [3.8, 4) is 0 Å². The number of fused-ring (bicyclic) bond motifs is 1. The highest BCUT2D eigenvalue weighted by molar-refractivity contribution is 5.79. The van der Waals surface area contributed by atoms with E-state index in [4.69, 9.17) is 13.9 Å². The molecule has 1 aromatic carbocycles. The van der Waals surface area contributed by atoms with Crippen LogP contribution in [0, 0.1) is 5.41 Å². The quantitative estimate of drug-likeness (QED) is 0.770. The molecule has 5 nitrogen and oxygen atoms in total. The summed E-state index contributed by atoms with van der Waals surface area (Å²) >= 11 is 0. The fourth-order valence-electron chi connectivity index (χ4n) is 2.26. The summed E-state index contributed by atoms with van der Waals surface area (Å²) in [7, 11) is 1.40. The molecule has 3 rings (SSSR count). The molecule has 5 heteroatoms. The highest BCUT2D eigenvalue weighted by Gasteiger charge is 2.47. The van der Waals surface area contributed by atoms with E-state index in [-0.39, 0.29) is 5.97 Å². The van der Waals surface area contributed by atoms with Gasteiger partial charge in [-0.2, -0.15) is 0 Å². The summed E-state index contributed by atoms with van der Waals surface area (Å²) in [5.74, 6) is -0.216. The standard InChI is InChI=1S/C13H13NO4/c1-16-12(15)13(6-17-7-13)5-9-2-3-10-11(4-9)18-8-14-10/h2-4,8H,5-7H2,1H3. The molecule has 1 fully saturated rings. The van der Waals surface area contributed by atoms with E-state index in [2.05, 4.69) is 4.98 Å².